The fourth-order valence-electron chi connectivity index (χ4n) is 2.16. The summed E-state index contributed by atoms with van der Waals surface area (Å²) < 4.78 is 10.9. The number of amides is 1. The van der Waals surface area contributed by atoms with Gasteiger partial charge >= 0.3 is 0 Å². The molecule has 2 rings (SSSR count). The van der Waals surface area contributed by atoms with Gasteiger partial charge in [0.05, 0.1) is 19.9 Å². The van der Waals surface area contributed by atoms with Gasteiger partial charge in [0.25, 0.3) is 5.91 Å². The monoisotopic (exact) mass is 390 g/mol. The lowest BCUT2D eigenvalue weighted by atomic mass is 10.2. The molecule has 0 aliphatic carbocycles. The summed E-state index contributed by atoms with van der Waals surface area (Å²) in [6.45, 7) is 4.34. The van der Waals surface area contributed by atoms with E-state index in [0.29, 0.717) is 28.8 Å². The summed E-state index contributed by atoms with van der Waals surface area (Å²) in [4.78, 5) is 16.9. The van der Waals surface area contributed by atoms with E-state index in [9.17, 15) is 4.79 Å². The third-order valence-corrected chi connectivity index (χ3v) is 3.98. The standard InChI is InChI=1S/C20H23ClN2O4/c1-4-9-26-18-8-6-15(10-19(18)25-3)12-22-27-13-20(24)23-16-7-5-14(2)17(21)11-16/h5-8,10-12H,4,9,13H2,1-3H3,(H,23,24)/b22-12-. The van der Waals surface area contributed by atoms with E-state index in [0.717, 1.165) is 17.5 Å². The van der Waals surface area contributed by atoms with Crippen LogP contribution in [-0.4, -0.2) is 32.4 Å². The summed E-state index contributed by atoms with van der Waals surface area (Å²) in [5, 5.41) is 7.10. The second-order valence-electron chi connectivity index (χ2n) is 5.78. The van der Waals surface area contributed by atoms with Gasteiger partial charge in [0.1, 0.15) is 0 Å². The molecule has 0 unspecified atom stereocenters. The first-order valence-electron chi connectivity index (χ1n) is 8.55. The number of nitrogens with one attached hydrogen (secondary N) is 1. The minimum absolute atomic E-state index is 0.211. The number of rotatable bonds is 9. The quantitative estimate of drug-likeness (QED) is 0.507. The molecular formula is C20H23ClN2O4. The van der Waals surface area contributed by atoms with Gasteiger partial charge in [0.2, 0.25) is 0 Å². The Labute approximate surface area is 164 Å². The van der Waals surface area contributed by atoms with Crippen molar-refractivity contribution in [1.82, 2.24) is 0 Å². The molecule has 0 aliphatic rings. The van der Waals surface area contributed by atoms with E-state index in [1.54, 1.807) is 25.3 Å². The molecule has 7 heteroatoms. The molecule has 2 aromatic rings. The number of benzene rings is 2. The van der Waals surface area contributed by atoms with Gasteiger partial charge in [-0.15, -0.1) is 0 Å². The predicted molar refractivity (Wildman–Crippen MR) is 107 cm³/mol. The molecule has 0 radical (unpaired) electrons. The van der Waals surface area contributed by atoms with Crippen molar-refractivity contribution >= 4 is 29.4 Å². The van der Waals surface area contributed by atoms with Gasteiger partial charge in [-0.3, -0.25) is 4.79 Å². The smallest absolute Gasteiger partial charge is 0.265 e. The van der Waals surface area contributed by atoms with E-state index in [1.165, 1.54) is 6.21 Å². The van der Waals surface area contributed by atoms with Crippen LogP contribution in [0.5, 0.6) is 11.5 Å². The first-order chi connectivity index (χ1) is 13.0. The molecule has 0 atom stereocenters. The number of aryl methyl sites for hydroxylation is 1. The highest BCUT2D eigenvalue weighted by Gasteiger charge is 2.06. The number of hydrogen-bond donors (Lipinski definition) is 1. The van der Waals surface area contributed by atoms with Crippen LogP contribution in [0.1, 0.15) is 24.5 Å². The van der Waals surface area contributed by atoms with Gasteiger partial charge in [-0.1, -0.05) is 29.7 Å². The number of ether oxygens (including phenoxy) is 2. The van der Waals surface area contributed by atoms with Crippen LogP contribution < -0.4 is 14.8 Å². The molecule has 1 amide bonds. The second-order valence-corrected chi connectivity index (χ2v) is 6.19. The highest BCUT2D eigenvalue weighted by atomic mass is 35.5. The van der Waals surface area contributed by atoms with Crippen LogP contribution >= 0.6 is 11.6 Å². The summed E-state index contributed by atoms with van der Waals surface area (Å²) in [7, 11) is 1.58. The fraction of sp³-hybridized carbons (Fsp3) is 0.300. The number of oxime groups is 1. The molecule has 1 N–H and O–H groups in total. The zero-order valence-electron chi connectivity index (χ0n) is 15.6. The summed E-state index contributed by atoms with van der Waals surface area (Å²) in [6, 6.07) is 10.7. The zero-order chi connectivity index (χ0) is 19.6. The number of hydrogen-bond acceptors (Lipinski definition) is 5. The van der Waals surface area contributed by atoms with Gasteiger partial charge in [-0.25, -0.2) is 0 Å². The van der Waals surface area contributed by atoms with Crippen LogP contribution in [0.25, 0.3) is 0 Å². The molecule has 0 aliphatic heterocycles. The van der Waals surface area contributed by atoms with Gasteiger partial charge in [0, 0.05) is 16.3 Å². The topological polar surface area (TPSA) is 69.2 Å². The molecule has 6 nitrogen and oxygen atoms in total. The van der Waals surface area contributed by atoms with E-state index < -0.39 is 0 Å². The van der Waals surface area contributed by atoms with Gasteiger partial charge in [-0.2, -0.15) is 0 Å². The average molecular weight is 391 g/mol. The minimum Gasteiger partial charge on any atom is -0.493 e. The number of methoxy groups -OCH3 is 1. The highest BCUT2D eigenvalue weighted by molar-refractivity contribution is 6.31. The van der Waals surface area contributed by atoms with E-state index in [2.05, 4.69) is 10.5 Å². The summed E-state index contributed by atoms with van der Waals surface area (Å²) in [5.74, 6) is 0.961. The number of carbonyl (C=O) groups is 1. The molecule has 27 heavy (non-hydrogen) atoms. The molecule has 0 aromatic heterocycles. The van der Waals surface area contributed by atoms with Crippen LogP contribution in [0, 0.1) is 6.92 Å². The van der Waals surface area contributed by atoms with Crippen molar-refractivity contribution in [2.45, 2.75) is 20.3 Å². The van der Waals surface area contributed by atoms with Crippen LogP contribution in [0.15, 0.2) is 41.6 Å². The molecule has 2 aromatic carbocycles. The van der Waals surface area contributed by atoms with Crippen LogP contribution in [0.2, 0.25) is 5.02 Å². The first-order valence-corrected chi connectivity index (χ1v) is 8.93. The molecular weight excluding hydrogens is 368 g/mol. The van der Waals surface area contributed by atoms with Crippen molar-refractivity contribution in [2.75, 3.05) is 25.6 Å². The number of halogens is 1. The number of anilines is 1. The Kier molecular flexibility index (Phi) is 7.95. The Morgan fingerprint density at radius 3 is 2.74 bits per heavy atom. The van der Waals surface area contributed by atoms with E-state index >= 15 is 0 Å². The van der Waals surface area contributed by atoms with Gasteiger partial charge in [-0.05, 0) is 49.2 Å². The van der Waals surface area contributed by atoms with E-state index in [-0.39, 0.29) is 12.5 Å². The maximum absolute atomic E-state index is 11.9. The Morgan fingerprint density at radius 1 is 1.22 bits per heavy atom. The first kappa shape index (κ1) is 20.6. The van der Waals surface area contributed by atoms with Crippen molar-refractivity contribution in [2.24, 2.45) is 5.16 Å². The van der Waals surface area contributed by atoms with Crippen molar-refractivity contribution in [3.8, 4) is 11.5 Å². The highest BCUT2D eigenvalue weighted by Crippen LogP contribution is 2.27. The Hall–Kier alpha value is -2.73. The number of carbonyl (C=O) groups excluding carboxylic acids is 1. The normalized spacial score (nSPS) is 10.7. The fourth-order valence-corrected chi connectivity index (χ4v) is 2.34. The average Bonchev–Trinajstić information content (AvgIpc) is 2.66. The second kappa shape index (κ2) is 10.4. The molecule has 0 heterocycles. The lowest BCUT2D eigenvalue weighted by Gasteiger charge is -2.10. The molecule has 144 valence electrons. The third-order valence-electron chi connectivity index (χ3n) is 3.58. The van der Waals surface area contributed by atoms with Crippen LogP contribution in [0.3, 0.4) is 0 Å². The molecule has 0 saturated heterocycles. The van der Waals surface area contributed by atoms with Gasteiger partial charge in [0.15, 0.2) is 18.1 Å². The van der Waals surface area contributed by atoms with Gasteiger partial charge < -0.3 is 19.6 Å². The lowest BCUT2D eigenvalue weighted by Crippen LogP contribution is -2.17. The van der Waals surface area contributed by atoms with Crippen molar-refractivity contribution < 1.29 is 19.1 Å². The van der Waals surface area contributed by atoms with E-state index in [1.807, 2.05) is 32.0 Å². The SMILES string of the molecule is CCCOc1ccc(/C=N\OCC(=O)Nc2ccc(C)c(Cl)c2)cc1OC. The van der Waals surface area contributed by atoms with Crippen molar-refractivity contribution in [3.63, 3.8) is 0 Å². The zero-order valence-corrected chi connectivity index (χ0v) is 16.4. The summed E-state index contributed by atoms with van der Waals surface area (Å²) >= 11 is 6.03. The van der Waals surface area contributed by atoms with E-state index in [4.69, 9.17) is 25.9 Å². The van der Waals surface area contributed by atoms with Crippen molar-refractivity contribution in [3.05, 3.63) is 52.5 Å². The minimum atomic E-state index is -0.326. The van der Waals surface area contributed by atoms with Crippen molar-refractivity contribution in [1.29, 1.82) is 0 Å². The van der Waals surface area contributed by atoms with Crippen LogP contribution in [-0.2, 0) is 9.63 Å². The molecule has 0 fully saturated rings. The maximum atomic E-state index is 11.9. The summed E-state index contributed by atoms with van der Waals surface area (Å²) in [5.41, 5.74) is 2.31. The molecule has 0 saturated carbocycles. The predicted octanol–water partition coefficient (Wildman–Crippen LogP) is 4.44. The largest absolute Gasteiger partial charge is 0.493 e. The third kappa shape index (κ3) is 6.49. The Morgan fingerprint density at radius 2 is 2.04 bits per heavy atom. The Balaban J connectivity index is 1.85. The van der Waals surface area contributed by atoms with Crippen LogP contribution in [0.4, 0.5) is 5.69 Å². The number of nitrogens with zero attached hydrogens (tertiary/aromatic N) is 1. The summed E-state index contributed by atoms with van der Waals surface area (Å²) in [6.07, 6.45) is 2.42. The maximum Gasteiger partial charge on any atom is 0.265 e. The Bertz CT molecular complexity index is 809. The lowest BCUT2D eigenvalue weighted by molar-refractivity contribution is -0.120. The molecule has 0 bridgehead atoms. The molecule has 0 spiro atoms.